The highest BCUT2D eigenvalue weighted by Crippen LogP contribution is 2.03. The van der Waals surface area contributed by atoms with Gasteiger partial charge in [0.15, 0.2) is 5.69 Å². The Morgan fingerprint density at radius 1 is 1.85 bits per heavy atom. The summed E-state index contributed by atoms with van der Waals surface area (Å²) >= 11 is 5.61. The summed E-state index contributed by atoms with van der Waals surface area (Å²) in [6, 6.07) is -0.00846. The summed E-state index contributed by atoms with van der Waals surface area (Å²) in [6.07, 6.45) is 1.39. The molecule has 72 valence electrons. The number of amides is 1. The van der Waals surface area contributed by atoms with E-state index in [1.165, 1.54) is 11.1 Å². The Bertz CT molecular complexity index is 274. The van der Waals surface area contributed by atoms with E-state index in [0.717, 1.165) is 0 Å². The lowest BCUT2D eigenvalue weighted by Crippen LogP contribution is -2.36. The lowest BCUT2D eigenvalue weighted by Gasteiger charge is -2.21. The molecular weight excluding hydrogens is 192 g/mol. The topological polar surface area (TPSA) is 61.9 Å². The lowest BCUT2D eigenvalue weighted by atomic mass is 10.3. The van der Waals surface area contributed by atoms with Gasteiger partial charge in [0.25, 0.3) is 5.91 Å². The van der Waals surface area contributed by atoms with E-state index in [9.17, 15) is 4.79 Å². The van der Waals surface area contributed by atoms with E-state index in [1.807, 2.05) is 6.92 Å². The average molecular weight is 203 g/mol. The third-order valence-corrected chi connectivity index (χ3v) is 2.29. The Balaban J connectivity index is 2.68. The van der Waals surface area contributed by atoms with Gasteiger partial charge < -0.3 is 4.90 Å². The van der Waals surface area contributed by atoms with Crippen molar-refractivity contribution in [2.24, 2.45) is 0 Å². The number of nitrogens with one attached hydrogen (secondary N) is 1. The molecule has 0 saturated carbocycles. The van der Waals surface area contributed by atoms with Gasteiger partial charge in [-0.05, 0) is 6.92 Å². The van der Waals surface area contributed by atoms with Gasteiger partial charge in [0.1, 0.15) is 0 Å². The monoisotopic (exact) mass is 202 g/mol. The maximum atomic E-state index is 11.6. The molecule has 1 atom stereocenters. The summed E-state index contributed by atoms with van der Waals surface area (Å²) in [5, 5.41) is 9.62. The van der Waals surface area contributed by atoms with Crippen LogP contribution in [0.15, 0.2) is 6.20 Å². The fourth-order valence-electron chi connectivity index (χ4n) is 0.789. The maximum absolute atomic E-state index is 11.6. The highest BCUT2D eigenvalue weighted by atomic mass is 35.5. The first-order valence-corrected chi connectivity index (χ1v) is 4.39. The maximum Gasteiger partial charge on any atom is 0.276 e. The van der Waals surface area contributed by atoms with E-state index >= 15 is 0 Å². The molecule has 0 aliphatic carbocycles. The Morgan fingerprint density at radius 2 is 2.54 bits per heavy atom. The van der Waals surface area contributed by atoms with Crippen LogP contribution < -0.4 is 0 Å². The van der Waals surface area contributed by atoms with E-state index in [-0.39, 0.29) is 11.9 Å². The van der Waals surface area contributed by atoms with E-state index in [1.54, 1.807) is 7.05 Å². The fraction of sp³-hybridized carbons (Fsp3) is 0.571. The van der Waals surface area contributed by atoms with Crippen LogP contribution in [-0.2, 0) is 0 Å². The molecule has 0 bridgehead atoms. The largest absolute Gasteiger partial charge is 0.336 e. The van der Waals surface area contributed by atoms with Crippen molar-refractivity contribution in [2.75, 3.05) is 12.9 Å². The first-order chi connectivity index (χ1) is 6.16. The van der Waals surface area contributed by atoms with E-state index < -0.39 is 0 Å². The SMILES string of the molecule is CC(CCl)N(C)C(=O)c1cn[nH]n1. The molecular formula is C7H11ClN4O. The van der Waals surface area contributed by atoms with Gasteiger partial charge >= 0.3 is 0 Å². The van der Waals surface area contributed by atoms with Gasteiger partial charge in [-0.3, -0.25) is 4.79 Å². The minimum absolute atomic E-state index is 0.00846. The number of H-pyrrole nitrogens is 1. The molecule has 0 fully saturated rings. The van der Waals surface area contributed by atoms with Crippen LogP contribution in [0, 0.1) is 0 Å². The fourth-order valence-corrected chi connectivity index (χ4v) is 0.996. The second kappa shape index (κ2) is 4.23. The number of rotatable bonds is 3. The highest BCUT2D eigenvalue weighted by Gasteiger charge is 2.18. The van der Waals surface area contributed by atoms with Gasteiger partial charge in [-0.25, -0.2) is 0 Å². The van der Waals surface area contributed by atoms with Gasteiger partial charge in [0.2, 0.25) is 0 Å². The number of aromatic amines is 1. The predicted octanol–water partition coefficient (Wildman–Crippen LogP) is 0.504. The third-order valence-electron chi connectivity index (χ3n) is 1.84. The van der Waals surface area contributed by atoms with Crippen LogP contribution in [0.25, 0.3) is 0 Å². The molecule has 1 rings (SSSR count). The zero-order chi connectivity index (χ0) is 9.84. The number of alkyl halides is 1. The first kappa shape index (κ1) is 9.98. The quantitative estimate of drug-likeness (QED) is 0.727. The molecule has 13 heavy (non-hydrogen) atoms. The van der Waals surface area contributed by atoms with Gasteiger partial charge in [-0.2, -0.15) is 15.4 Å². The zero-order valence-corrected chi connectivity index (χ0v) is 8.25. The molecule has 1 amide bonds. The van der Waals surface area contributed by atoms with Crippen molar-refractivity contribution in [1.82, 2.24) is 20.3 Å². The minimum Gasteiger partial charge on any atom is -0.336 e. The molecule has 0 spiro atoms. The van der Waals surface area contributed by atoms with Gasteiger partial charge in [0, 0.05) is 19.0 Å². The number of carbonyl (C=O) groups excluding carboxylic acids is 1. The Kier molecular flexibility index (Phi) is 3.25. The van der Waals surface area contributed by atoms with Crippen molar-refractivity contribution < 1.29 is 4.79 Å². The standard InChI is InChI=1S/C7H11ClN4O/c1-5(3-8)12(2)7(13)6-4-9-11-10-6/h4-5H,3H2,1-2H3,(H,9,10,11). The Hall–Kier alpha value is -1.10. The van der Waals surface area contributed by atoms with Crippen LogP contribution in [0.2, 0.25) is 0 Å². The molecule has 0 aromatic carbocycles. The van der Waals surface area contributed by atoms with Gasteiger partial charge in [-0.15, -0.1) is 11.6 Å². The van der Waals surface area contributed by atoms with Crippen molar-refractivity contribution in [1.29, 1.82) is 0 Å². The molecule has 1 aromatic rings. The van der Waals surface area contributed by atoms with Crippen LogP contribution in [-0.4, -0.2) is 45.2 Å². The van der Waals surface area contributed by atoms with Gasteiger partial charge in [-0.1, -0.05) is 0 Å². The number of hydrogen-bond acceptors (Lipinski definition) is 3. The van der Waals surface area contributed by atoms with Crippen LogP contribution in [0.5, 0.6) is 0 Å². The van der Waals surface area contributed by atoms with Crippen LogP contribution in [0.4, 0.5) is 0 Å². The second-order valence-electron chi connectivity index (χ2n) is 2.77. The zero-order valence-electron chi connectivity index (χ0n) is 7.49. The average Bonchev–Trinajstić information content (AvgIpc) is 2.67. The number of halogens is 1. The van der Waals surface area contributed by atoms with Crippen LogP contribution >= 0.6 is 11.6 Å². The smallest absolute Gasteiger partial charge is 0.276 e. The molecule has 0 saturated heterocycles. The summed E-state index contributed by atoms with van der Waals surface area (Å²) in [5.74, 6) is 0.224. The number of nitrogens with zero attached hydrogens (tertiary/aromatic N) is 3. The molecule has 0 aliphatic rings. The highest BCUT2D eigenvalue weighted by molar-refractivity contribution is 6.18. The molecule has 1 N–H and O–H groups in total. The predicted molar refractivity (Wildman–Crippen MR) is 48.7 cm³/mol. The first-order valence-electron chi connectivity index (χ1n) is 3.85. The summed E-state index contributed by atoms with van der Waals surface area (Å²) in [6.45, 7) is 1.87. The van der Waals surface area contributed by atoms with Crippen molar-refractivity contribution in [3.63, 3.8) is 0 Å². The Morgan fingerprint density at radius 3 is 3.00 bits per heavy atom. The number of aromatic nitrogens is 3. The lowest BCUT2D eigenvalue weighted by molar-refractivity contribution is 0.0751. The summed E-state index contributed by atoms with van der Waals surface area (Å²) < 4.78 is 0. The second-order valence-corrected chi connectivity index (χ2v) is 3.08. The molecule has 1 heterocycles. The van der Waals surface area contributed by atoms with Crippen molar-refractivity contribution >= 4 is 17.5 Å². The summed E-state index contributed by atoms with van der Waals surface area (Å²) in [4.78, 5) is 13.1. The van der Waals surface area contributed by atoms with Crippen LogP contribution in [0.1, 0.15) is 17.4 Å². The minimum atomic E-state index is -0.179. The van der Waals surface area contributed by atoms with Crippen molar-refractivity contribution in [2.45, 2.75) is 13.0 Å². The number of carbonyl (C=O) groups is 1. The summed E-state index contributed by atoms with van der Waals surface area (Å²) in [5.41, 5.74) is 0.305. The molecule has 0 radical (unpaired) electrons. The van der Waals surface area contributed by atoms with Crippen molar-refractivity contribution in [3.8, 4) is 0 Å². The van der Waals surface area contributed by atoms with E-state index in [4.69, 9.17) is 11.6 Å². The van der Waals surface area contributed by atoms with Crippen molar-refractivity contribution in [3.05, 3.63) is 11.9 Å². The molecule has 0 aliphatic heterocycles. The number of hydrogen-bond donors (Lipinski definition) is 1. The molecule has 1 unspecified atom stereocenters. The summed E-state index contributed by atoms with van der Waals surface area (Å²) in [7, 11) is 1.68. The molecule has 1 aromatic heterocycles. The van der Waals surface area contributed by atoms with E-state index in [0.29, 0.717) is 11.6 Å². The molecule has 5 nitrogen and oxygen atoms in total. The van der Waals surface area contributed by atoms with E-state index in [2.05, 4.69) is 15.4 Å². The normalized spacial score (nSPS) is 12.5. The third kappa shape index (κ3) is 2.18. The van der Waals surface area contributed by atoms with Crippen LogP contribution in [0.3, 0.4) is 0 Å². The van der Waals surface area contributed by atoms with Gasteiger partial charge in [0.05, 0.1) is 6.20 Å². The molecule has 6 heteroatoms. The Labute approximate surface area is 81.1 Å².